The first-order valence-corrected chi connectivity index (χ1v) is 5.89. The number of carbonyl (C=O) groups excluding carboxylic acids is 2. The van der Waals surface area contributed by atoms with Crippen LogP contribution in [0.1, 0.15) is 20.0 Å². The Hall–Kier alpha value is -2.15. The Bertz CT molecular complexity index is 654. The van der Waals surface area contributed by atoms with Crippen molar-refractivity contribution in [2.24, 2.45) is 0 Å². The van der Waals surface area contributed by atoms with Gasteiger partial charge in [0.1, 0.15) is 5.82 Å². The lowest BCUT2D eigenvalue weighted by Crippen LogP contribution is -2.15. The molecule has 0 aliphatic rings. The van der Waals surface area contributed by atoms with Crippen LogP contribution in [0.2, 0.25) is 0 Å². The van der Waals surface area contributed by atoms with E-state index in [9.17, 15) is 22.8 Å². The summed E-state index contributed by atoms with van der Waals surface area (Å²) in [4.78, 5) is 22.6. The maximum absolute atomic E-state index is 13.4. The fraction of sp³-hybridized carbons (Fsp3) is 0. The normalized spacial score (nSPS) is 10.3. The molecular weight excluding hydrogens is 279 g/mol. The molecule has 3 nitrogen and oxygen atoms in total. The highest BCUT2D eigenvalue weighted by molar-refractivity contribution is 7.12. The van der Waals surface area contributed by atoms with E-state index < -0.39 is 28.9 Å². The number of thiophene rings is 1. The van der Waals surface area contributed by atoms with Crippen LogP contribution >= 0.6 is 11.3 Å². The van der Waals surface area contributed by atoms with Gasteiger partial charge in [0.05, 0.1) is 16.1 Å². The van der Waals surface area contributed by atoms with Crippen molar-refractivity contribution in [3.63, 3.8) is 0 Å². The molecule has 0 aliphatic heterocycles. The van der Waals surface area contributed by atoms with Crippen molar-refractivity contribution in [1.29, 1.82) is 0 Å². The van der Waals surface area contributed by atoms with E-state index in [0.29, 0.717) is 18.4 Å². The lowest BCUT2D eigenvalue weighted by molar-refractivity contribution is 0.102. The van der Waals surface area contributed by atoms with Crippen molar-refractivity contribution in [2.45, 2.75) is 0 Å². The van der Waals surface area contributed by atoms with E-state index in [2.05, 4.69) is 5.32 Å². The molecule has 0 unspecified atom stereocenters. The average molecular weight is 285 g/mol. The average Bonchev–Trinajstić information content (AvgIpc) is 2.80. The number of hydrogen-bond acceptors (Lipinski definition) is 3. The molecule has 0 spiro atoms. The number of anilines is 1. The quantitative estimate of drug-likeness (QED) is 0.695. The van der Waals surface area contributed by atoms with Gasteiger partial charge in [0.2, 0.25) is 0 Å². The smallest absolute Gasteiger partial charge is 0.258 e. The summed E-state index contributed by atoms with van der Waals surface area (Å²) in [6, 6.07) is 2.20. The second-order valence-electron chi connectivity index (χ2n) is 3.52. The molecule has 1 N–H and O–H groups in total. The van der Waals surface area contributed by atoms with Crippen molar-refractivity contribution >= 4 is 29.2 Å². The number of carbonyl (C=O) groups is 2. The van der Waals surface area contributed by atoms with Crippen molar-refractivity contribution < 1.29 is 22.8 Å². The molecule has 98 valence electrons. The number of aldehydes is 1. The van der Waals surface area contributed by atoms with Crippen LogP contribution in [-0.2, 0) is 0 Å². The second kappa shape index (κ2) is 5.23. The van der Waals surface area contributed by atoms with Gasteiger partial charge in [0.15, 0.2) is 17.9 Å². The molecule has 2 aromatic rings. The van der Waals surface area contributed by atoms with Crippen LogP contribution in [-0.4, -0.2) is 12.2 Å². The number of rotatable bonds is 3. The Morgan fingerprint density at radius 2 is 1.84 bits per heavy atom. The van der Waals surface area contributed by atoms with Gasteiger partial charge in [0.25, 0.3) is 5.91 Å². The lowest BCUT2D eigenvalue weighted by Gasteiger charge is -2.05. The molecule has 0 saturated carbocycles. The van der Waals surface area contributed by atoms with Crippen LogP contribution in [0.15, 0.2) is 23.6 Å². The monoisotopic (exact) mass is 285 g/mol. The number of benzene rings is 1. The third-order valence-electron chi connectivity index (χ3n) is 2.31. The number of halogens is 3. The first-order chi connectivity index (χ1) is 9.02. The van der Waals surface area contributed by atoms with E-state index >= 15 is 0 Å². The number of nitrogens with one attached hydrogen (secondary N) is 1. The first-order valence-electron chi connectivity index (χ1n) is 5.01. The van der Waals surface area contributed by atoms with Gasteiger partial charge >= 0.3 is 0 Å². The zero-order valence-corrected chi connectivity index (χ0v) is 10.1. The van der Waals surface area contributed by atoms with E-state index in [1.54, 1.807) is 5.38 Å². The van der Waals surface area contributed by atoms with Crippen LogP contribution in [0, 0.1) is 17.5 Å². The van der Waals surface area contributed by atoms with Gasteiger partial charge in [0, 0.05) is 6.07 Å². The lowest BCUT2D eigenvalue weighted by atomic mass is 10.2. The molecule has 2 rings (SSSR count). The number of hydrogen-bond donors (Lipinski definition) is 1. The van der Waals surface area contributed by atoms with Gasteiger partial charge in [-0.25, -0.2) is 13.2 Å². The third kappa shape index (κ3) is 2.65. The SMILES string of the molecule is O=Cc1sccc1NC(=O)c1cc(F)c(F)cc1F. The molecular formula is C12H6F3NO2S. The standard InChI is InChI=1S/C12H6F3NO2S/c13-7-4-9(15)8(14)3-6(7)12(18)16-10-1-2-19-11(10)5-17/h1-5H,(H,16,18). The minimum absolute atomic E-state index is 0.189. The molecule has 1 aromatic heterocycles. The molecule has 0 aliphatic carbocycles. The molecule has 7 heteroatoms. The number of amides is 1. The molecule has 19 heavy (non-hydrogen) atoms. The summed E-state index contributed by atoms with van der Waals surface area (Å²) in [5.41, 5.74) is -0.448. The Balaban J connectivity index is 2.30. The first kappa shape index (κ1) is 13.3. The van der Waals surface area contributed by atoms with Crippen molar-refractivity contribution in [3.05, 3.63) is 51.5 Å². The van der Waals surface area contributed by atoms with E-state index in [0.717, 1.165) is 11.3 Å². The molecule has 1 aromatic carbocycles. The molecule has 0 bridgehead atoms. The van der Waals surface area contributed by atoms with E-state index in [1.165, 1.54) is 6.07 Å². The fourth-order valence-electron chi connectivity index (χ4n) is 1.40. The summed E-state index contributed by atoms with van der Waals surface area (Å²) in [5.74, 6) is -4.84. The largest absolute Gasteiger partial charge is 0.320 e. The summed E-state index contributed by atoms with van der Waals surface area (Å²) in [5, 5.41) is 3.81. The van der Waals surface area contributed by atoms with E-state index in [1.807, 2.05) is 0 Å². The van der Waals surface area contributed by atoms with Crippen LogP contribution in [0.3, 0.4) is 0 Å². The predicted octanol–water partition coefficient (Wildman–Crippen LogP) is 3.23. The molecule has 0 fully saturated rings. The van der Waals surface area contributed by atoms with Gasteiger partial charge in [-0.15, -0.1) is 11.3 Å². The summed E-state index contributed by atoms with van der Waals surface area (Å²) >= 11 is 1.09. The zero-order valence-electron chi connectivity index (χ0n) is 9.25. The van der Waals surface area contributed by atoms with Gasteiger partial charge in [-0.3, -0.25) is 9.59 Å². The van der Waals surface area contributed by atoms with Crippen molar-refractivity contribution in [3.8, 4) is 0 Å². The molecule has 0 saturated heterocycles. The molecule has 0 atom stereocenters. The summed E-state index contributed by atoms with van der Waals surface area (Å²) in [6.07, 6.45) is 0.530. The highest BCUT2D eigenvalue weighted by atomic mass is 32.1. The van der Waals surface area contributed by atoms with E-state index in [4.69, 9.17) is 0 Å². The highest BCUT2D eigenvalue weighted by Gasteiger charge is 2.17. The van der Waals surface area contributed by atoms with Gasteiger partial charge in [-0.2, -0.15) is 0 Å². The predicted molar refractivity (Wildman–Crippen MR) is 64.0 cm³/mol. The minimum atomic E-state index is -1.38. The Morgan fingerprint density at radius 1 is 1.16 bits per heavy atom. The van der Waals surface area contributed by atoms with Gasteiger partial charge < -0.3 is 5.32 Å². The van der Waals surface area contributed by atoms with Crippen molar-refractivity contribution in [2.75, 3.05) is 5.32 Å². The van der Waals surface area contributed by atoms with Gasteiger partial charge in [-0.1, -0.05) is 0 Å². The summed E-state index contributed by atoms with van der Waals surface area (Å²) in [6.45, 7) is 0. The maximum Gasteiger partial charge on any atom is 0.258 e. The molecule has 1 amide bonds. The molecule has 1 heterocycles. The maximum atomic E-state index is 13.4. The minimum Gasteiger partial charge on any atom is -0.320 e. The third-order valence-corrected chi connectivity index (χ3v) is 3.15. The molecule has 0 radical (unpaired) electrons. The summed E-state index contributed by atoms with van der Waals surface area (Å²) in [7, 11) is 0. The Morgan fingerprint density at radius 3 is 2.53 bits per heavy atom. The van der Waals surface area contributed by atoms with Crippen molar-refractivity contribution in [1.82, 2.24) is 0 Å². The fourth-order valence-corrected chi connectivity index (χ4v) is 2.05. The van der Waals surface area contributed by atoms with Crippen LogP contribution < -0.4 is 5.32 Å². The van der Waals surface area contributed by atoms with Crippen LogP contribution in [0.5, 0.6) is 0 Å². The summed E-state index contributed by atoms with van der Waals surface area (Å²) < 4.78 is 39.1. The Labute approximate surface area is 109 Å². The van der Waals surface area contributed by atoms with Gasteiger partial charge in [-0.05, 0) is 17.5 Å². The van der Waals surface area contributed by atoms with Crippen LogP contribution in [0.25, 0.3) is 0 Å². The Kier molecular flexibility index (Phi) is 3.66. The van der Waals surface area contributed by atoms with Crippen LogP contribution in [0.4, 0.5) is 18.9 Å². The topological polar surface area (TPSA) is 46.2 Å². The highest BCUT2D eigenvalue weighted by Crippen LogP contribution is 2.22. The zero-order chi connectivity index (χ0) is 14.0. The second-order valence-corrected chi connectivity index (χ2v) is 4.46. The van der Waals surface area contributed by atoms with E-state index in [-0.39, 0.29) is 10.6 Å².